The van der Waals surface area contributed by atoms with Gasteiger partial charge in [-0.2, -0.15) is 0 Å². The summed E-state index contributed by atoms with van der Waals surface area (Å²) >= 11 is 0. The van der Waals surface area contributed by atoms with Gasteiger partial charge in [0.2, 0.25) is 5.91 Å². The Labute approximate surface area is 121 Å². The molecular weight excluding hydrogens is 248 g/mol. The SMILES string of the molecule is Cc1ccc(C2(CCN3CCNC(=O)C3)CCC2)cc1. The van der Waals surface area contributed by atoms with Gasteiger partial charge in [-0.3, -0.25) is 9.69 Å². The number of amides is 1. The summed E-state index contributed by atoms with van der Waals surface area (Å²) in [6.45, 7) is 5.56. The van der Waals surface area contributed by atoms with Gasteiger partial charge in [0.15, 0.2) is 0 Å². The van der Waals surface area contributed by atoms with E-state index >= 15 is 0 Å². The highest BCUT2D eigenvalue weighted by molar-refractivity contribution is 5.78. The number of nitrogens with one attached hydrogen (secondary N) is 1. The third kappa shape index (κ3) is 2.73. The van der Waals surface area contributed by atoms with Crippen LogP contribution in [0.3, 0.4) is 0 Å². The fourth-order valence-corrected chi connectivity index (χ4v) is 3.45. The van der Waals surface area contributed by atoms with E-state index in [9.17, 15) is 4.79 Å². The third-order valence-electron chi connectivity index (χ3n) is 5.00. The highest BCUT2D eigenvalue weighted by Gasteiger charge is 2.38. The van der Waals surface area contributed by atoms with E-state index in [0.717, 1.165) is 19.6 Å². The van der Waals surface area contributed by atoms with Crippen LogP contribution < -0.4 is 5.32 Å². The molecule has 1 heterocycles. The minimum atomic E-state index is 0.175. The molecule has 0 bridgehead atoms. The first-order valence-electron chi connectivity index (χ1n) is 7.74. The molecule has 0 aromatic heterocycles. The number of benzene rings is 1. The van der Waals surface area contributed by atoms with Gasteiger partial charge in [0.25, 0.3) is 0 Å². The summed E-state index contributed by atoms with van der Waals surface area (Å²) in [5, 5.41) is 2.89. The zero-order valence-electron chi connectivity index (χ0n) is 12.3. The van der Waals surface area contributed by atoms with Crippen LogP contribution in [0.15, 0.2) is 24.3 Å². The van der Waals surface area contributed by atoms with Crippen LogP contribution >= 0.6 is 0 Å². The molecule has 2 aliphatic rings. The smallest absolute Gasteiger partial charge is 0.234 e. The maximum Gasteiger partial charge on any atom is 0.234 e. The van der Waals surface area contributed by atoms with Crippen LogP contribution in [0, 0.1) is 6.92 Å². The van der Waals surface area contributed by atoms with E-state index in [4.69, 9.17) is 0 Å². The van der Waals surface area contributed by atoms with Crippen LogP contribution in [0.25, 0.3) is 0 Å². The van der Waals surface area contributed by atoms with Gasteiger partial charge in [-0.25, -0.2) is 0 Å². The predicted molar refractivity (Wildman–Crippen MR) is 80.8 cm³/mol. The van der Waals surface area contributed by atoms with Crippen LogP contribution in [0.2, 0.25) is 0 Å². The van der Waals surface area contributed by atoms with E-state index in [2.05, 4.69) is 41.4 Å². The van der Waals surface area contributed by atoms with E-state index in [1.54, 1.807) is 0 Å². The number of carbonyl (C=O) groups is 1. The maximum absolute atomic E-state index is 11.4. The Kier molecular flexibility index (Phi) is 3.79. The Bertz CT molecular complexity index is 476. The number of nitrogens with zero attached hydrogens (tertiary/aromatic N) is 1. The second-order valence-corrected chi connectivity index (χ2v) is 6.38. The first-order valence-corrected chi connectivity index (χ1v) is 7.74. The van der Waals surface area contributed by atoms with Crippen LogP contribution in [-0.2, 0) is 10.2 Å². The number of hydrogen-bond donors (Lipinski definition) is 1. The number of hydrogen-bond acceptors (Lipinski definition) is 2. The fraction of sp³-hybridized carbons (Fsp3) is 0.588. The molecule has 108 valence electrons. The van der Waals surface area contributed by atoms with Gasteiger partial charge < -0.3 is 5.32 Å². The second-order valence-electron chi connectivity index (χ2n) is 6.38. The lowest BCUT2D eigenvalue weighted by atomic mass is 9.62. The molecule has 0 atom stereocenters. The Morgan fingerprint density at radius 2 is 2.00 bits per heavy atom. The van der Waals surface area contributed by atoms with Crippen molar-refractivity contribution in [3.63, 3.8) is 0 Å². The van der Waals surface area contributed by atoms with Crippen molar-refractivity contribution >= 4 is 5.91 Å². The molecule has 1 aromatic rings. The number of aryl methyl sites for hydroxylation is 1. The number of carbonyl (C=O) groups excluding carboxylic acids is 1. The molecule has 1 amide bonds. The molecule has 2 fully saturated rings. The normalized spacial score (nSPS) is 22.1. The highest BCUT2D eigenvalue weighted by Crippen LogP contribution is 2.46. The first kappa shape index (κ1) is 13.6. The third-order valence-corrected chi connectivity index (χ3v) is 5.00. The van der Waals surface area contributed by atoms with Crippen molar-refractivity contribution in [2.75, 3.05) is 26.2 Å². The summed E-state index contributed by atoms with van der Waals surface area (Å²) in [5.74, 6) is 0.175. The molecule has 1 aromatic carbocycles. The minimum Gasteiger partial charge on any atom is -0.354 e. The van der Waals surface area contributed by atoms with Crippen LogP contribution in [0.1, 0.15) is 36.8 Å². The Hall–Kier alpha value is -1.35. The quantitative estimate of drug-likeness (QED) is 0.911. The maximum atomic E-state index is 11.4. The van der Waals surface area contributed by atoms with Gasteiger partial charge >= 0.3 is 0 Å². The molecule has 0 unspecified atom stereocenters. The molecule has 1 aliphatic carbocycles. The van der Waals surface area contributed by atoms with E-state index < -0.39 is 0 Å². The Morgan fingerprint density at radius 1 is 1.25 bits per heavy atom. The van der Waals surface area contributed by atoms with Gasteiger partial charge in [-0.15, -0.1) is 0 Å². The zero-order chi connectivity index (χ0) is 14.0. The van der Waals surface area contributed by atoms with E-state index in [1.165, 1.54) is 36.8 Å². The van der Waals surface area contributed by atoms with Crippen molar-refractivity contribution in [1.82, 2.24) is 10.2 Å². The lowest BCUT2D eigenvalue weighted by molar-refractivity contribution is -0.124. The summed E-state index contributed by atoms with van der Waals surface area (Å²) in [5.41, 5.74) is 3.20. The van der Waals surface area contributed by atoms with Crippen molar-refractivity contribution in [2.24, 2.45) is 0 Å². The summed E-state index contributed by atoms with van der Waals surface area (Å²) in [6, 6.07) is 9.06. The van der Waals surface area contributed by atoms with Crippen LogP contribution in [0.4, 0.5) is 0 Å². The molecule has 1 aliphatic heterocycles. The molecular formula is C17H24N2O. The van der Waals surface area contributed by atoms with Gasteiger partial charge in [0, 0.05) is 13.1 Å². The molecule has 0 spiro atoms. The first-order chi connectivity index (χ1) is 9.68. The van der Waals surface area contributed by atoms with Gasteiger partial charge in [-0.1, -0.05) is 36.2 Å². The average Bonchev–Trinajstić information content (AvgIpc) is 2.39. The number of piperazine rings is 1. The van der Waals surface area contributed by atoms with Gasteiger partial charge in [-0.05, 0) is 43.7 Å². The monoisotopic (exact) mass is 272 g/mol. The molecule has 3 nitrogen and oxygen atoms in total. The summed E-state index contributed by atoms with van der Waals surface area (Å²) in [6.07, 6.45) is 5.13. The molecule has 1 saturated heterocycles. The largest absolute Gasteiger partial charge is 0.354 e. The van der Waals surface area contributed by atoms with E-state index in [1.807, 2.05) is 0 Å². The molecule has 1 saturated carbocycles. The van der Waals surface area contributed by atoms with E-state index in [0.29, 0.717) is 12.0 Å². The van der Waals surface area contributed by atoms with Crippen LogP contribution in [-0.4, -0.2) is 37.0 Å². The summed E-state index contributed by atoms with van der Waals surface area (Å²) < 4.78 is 0. The fourth-order valence-electron chi connectivity index (χ4n) is 3.45. The van der Waals surface area contributed by atoms with Crippen molar-refractivity contribution in [3.8, 4) is 0 Å². The molecule has 0 radical (unpaired) electrons. The average molecular weight is 272 g/mol. The molecule has 3 rings (SSSR count). The lowest BCUT2D eigenvalue weighted by Crippen LogP contribution is -2.49. The zero-order valence-corrected chi connectivity index (χ0v) is 12.3. The molecule has 3 heteroatoms. The van der Waals surface area contributed by atoms with Crippen molar-refractivity contribution < 1.29 is 4.79 Å². The molecule has 1 N–H and O–H groups in total. The summed E-state index contributed by atoms with van der Waals surface area (Å²) in [7, 11) is 0. The highest BCUT2D eigenvalue weighted by atomic mass is 16.2. The Balaban J connectivity index is 1.64. The van der Waals surface area contributed by atoms with Gasteiger partial charge in [0.1, 0.15) is 0 Å². The lowest BCUT2D eigenvalue weighted by Gasteiger charge is -2.44. The topological polar surface area (TPSA) is 32.3 Å². The standard InChI is InChI=1S/C17H24N2O/c1-14-3-5-15(6-4-14)17(7-2-8-17)9-11-19-12-10-18-16(20)13-19/h3-6H,2,7-13H2,1H3,(H,18,20). The minimum absolute atomic E-state index is 0.175. The Morgan fingerprint density at radius 3 is 2.60 bits per heavy atom. The van der Waals surface area contributed by atoms with Crippen molar-refractivity contribution in [3.05, 3.63) is 35.4 Å². The second kappa shape index (κ2) is 5.57. The predicted octanol–water partition coefficient (Wildman–Crippen LogP) is 2.24. The van der Waals surface area contributed by atoms with Crippen LogP contribution in [0.5, 0.6) is 0 Å². The van der Waals surface area contributed by atoms with Crippen molar-refractivity contribution in [2.45, 2.75) is 38.0 Å². The van der Waals surface area contributed by atoms with Crippen molar-refractivity contribution in [1.29, 1.82) is 0 Å². The van der Waals surface area contributed by atoms with Gasteiger partial charge in [0.05, 0.1) is 6.54 Å². The molecule has 20 heavy (non-hydrogen) atoms. The number of rotatable bonds is 4. The van der Waals surface area contributed by atoms with E-state index in [-0.39, 0.29) is 5.91 Å². The summed E-state index contributed by atoms with van der Waals surface area (Å²) in [4.78, 5) is 13.7.